The van der Waals surface area contributed by atoms with E-state index in [4.69, 9.17) is 14.6 Å². The fourth-order valence-electron chi connectivity index (χ4n) is 1.22. The van der Waals surface area contributed by atoms with E-state index in [1.165, 1.54) is 7.11 Å². The van der Waals surface area contributed by atoms with Gasteiger partial charge in [0.25, 0.3) is 0 Å². The van der Waals surface area contributed by atoms with Crippen LogP contribution in [0.25, 0.3) is 0 Å². The van der Waals surface area contributed by atoms with E-state index in [0.717, 1.165) is 0 Å². The van der Waals surface area contributed by atoms with Crippen LogP contribution in [-0.4, -0.2) is 53.6 Å². The van der Waals surface area contributed by atoms with Crippen LogP contribution < -0.4 is 0 Å². The lowest BCUT2D eigenvalue weighted by molar-refractivity contribution is -0.248. The monoisotopic (exact) mass is 178 g/mol. The molecule has 0 aliphatic carbocycles. The van der Waals surface area contributed by atoms with Gasteiger partial charge in [-0.25, -0.2) is 0 Å². The summed E-state index contributed by atoms with van der Waals surface area (Å²) in [5, 5.41) is 27.3. The van der Waals surface area contributed by atoms with Gasteiger partial charge in [0.2, 0.25) is 0 Å². The highest BCUT2D eigenvalue weighted by Gasteiger charge is 2.36. The zero-order chi connectivity index (χ0) is 9.14. The van der Waals surface area contributed by atoms with Crippen LogP contribution in [0.15, 0.2) is 0 Å². The molecule has 5 nitrogen and oxygen atoms in total. The highest BCUT2D eigenvalue weighted by molar-refractivity contribution is 4.81. The lowest BCUT2D eigenvalue weighted by atomic mass is 10.0. The van der Waals surface area contributed by atoms with Gasteiger partial charge in [-0.05, 0) is 0 Å². The molecular weight excluding hydrogens is 164 g/mol. The molecule has 1 saturated heterocycles. The molecule has 1 heterocycles. The number of aliphatic hydroxyl groups excluding tert-OH is 3. The molecule has 1 aliphatic rings. The first-order chi connectivity index (χ1) is 5.69. The van der Waals surface area contributed by atoms with E-state index < -0.39 is 24.6 Å². The first-order valence-corrected chi connectivity index (χ1v) is 3.84. The van der Waals surface area contributed by atoms with Crippen LogP contribution in [0.3, 0.4) is 0 Å². The quantitative estimate of drug-likeness (QED) is 0.477. The lowest BCUT2D eigenvalue weighted by Crippen LogP contribution is -2.50. The van der Waals surface area contributed by atoms with Crippen molar-refractivity contribution in [3.8, 4) is 0 Å². The maximum atomic E-state index is 9.26. The van der Waals surface area contributed by atoms with Crippen LogP contribution in [0.4, 0.5) is 0 Å². The van der Waals surface area contributed by atoms with E-state index >= 15 is 0 Å². The third kappa shape index (κ3) is 1.94. The smallest absolute Gasteiger partial charge is 0.160 e. The van der Waals surface area contributed by atoms with E-state index in [1.807, 2.05) is 0 Å². The van der Waals surface area contributed by atoms with Gasteiger partial charge in [0.05, 0.1) is 12.7 Å². The Hall–Kier alpha value is -0.200. The molecule has 0 saturated carbocycles. The molecule has 1 unspecified atom stereocenters. The molecule has 0 aromatic rings. The second kappa shape index (κ2) is 4.15. The maximum Gasteiger partial charge on any atom is 0.160 e. The zero-order valence-electron chi connectivity index (χ0n) is 6.88. The van der Waals surface area contributed by atoms with Gasteiger partial charge in [0.15, 0.2) is 6.29 Å². The average molecular weight is 178 g/mol. The number of hydrogen-bond acceptors (Lipinski definition) is 5. The van der Waals surface area contributed by atoms with Crippen molar-refractivity contribution in [2.24, 2.45) is 0 Å². The molecule has 5 heteroatoms. The predicted molar refractivity (Wildman–Crippen MR) is 39.4 cm³/mol. The van der Waals surface area contributed by atoms with Crippen LogP contribution in [0.1, 0.15) is 6.42 Å². The van der Waals surface area contributed by atoms with Crippen molar-refractivity contribution in [1.29, 1.82) is 0 Å². The molecule has 1 fully saturated rings. The first-order valence-electron chi connectivity index (χ1n) is 3.84. The second-order valence-electron chi connectivity index (χ2n) is 2.82. The van der Waals surface area contributed by atoms with Crippen LogP contribution in [0.5, 0.6) is 0 Å². The minimum absolute atomic E-state index is 0.230. The number of methoxy groups -OCH3 is 1. The molecule has 1 rings (SSSR count). The van der Waals surface area contributed by atoms with Crippen molar-refractivity contribution in [3.63, 3.8) is 0 Å². The highest BCUT2D eigenvalue weighted by atomic mass is 16.7. The molecule has 3 N–H and O–H groups in total. The molecule has 0 radical (unpaired) electrons. The number of hydrogen-bond donors (Lipinski definition) is 3. The van der Waals surface area contributed by atoms with Crippen LogP contribution in [-0.2, 0) is 9.47 Å². The number of rotatable bonds is 2. The third-order valence-electron chi connectivity index (χ3n) is 1.98. The summed E-state index contributed by atoms with van der Waals surface area (Å²) in [5.74, 6) is 0. The molecule has 1 aliphatic heterocycles. The van der Waals surface area contributed by atoms with Crippen LogP contribution in [0.2, 0.25) is 0 Å². The Morgan fingerprint density at radius 2 is 2.17 bits per heavy atom. The van der Waals surface area contributed by atoms with Crippen molar-refractivity contribution >= 4 is 0 Å². The maximum absolute atomic E-state index is 9.26. The summed E-state index contributed by atoms with van der Waals surface area (Å²) in [6.45, 7) is -0.321. The van der Waals surface area contributed by atoms with Crippen molar-refractivity contribution < 1.29 is 24.8 Å². The fourth-order valence-corrected chi connectivity index (χ4v) is 1.22. The SMILES string of the molecule is CO[C@H]1C[C@@H](O)[C@H](O)C(CO)O1. The normalized spacial score (nSPS) is 43.0. The van der Waals surface area contributed by atoms with E-state index in [1.54, 1.807) is 0 Å². The molecule has 0 spiro atoms. The zero-order valence-corrected chi connectivity index (χ0v) is 6.88. The third-order valence-corrected chi connectivity index (χ3v) is 1.98. The Kier molecular flexibility index (Phi) is 3.42. The fraction of sp³-hybridized carbons (Fsp3) is 1.00. The summed E-state index contributed by atoms with van der Waals surface area (Å²) in [4.78, 5) is 0. The van der Waals surface area contributed by atoms with Gasteiger partial charge in [-0.15, -0.1) is 0 Å². The van der Waals surface area contributed by atoms with E-state index in [9.17, 15) is 10.2 Å². The van der Waals surface area contributed by atoms with Crippen LogP contribution >= 0.6 is 0 Å². The van der Waals surface area contributed by atoms with Crippen molar-refractivity contribution in [1.82, 2.24) is 0 Å². The first kappa shape index (κ1) is 9.88. The summed E-state index contributed by atoms with van der Waals surface area (Å²) in [6.07, 6.45) is -2.98. The molecule has 0 amide bonds. The van der Waals surface area contributed by atoms with Crippen molar-refractivity contribution in [2.45, 2.75) is 31.0 Å². The molecule has 0 aromatic heterocycles. The van der Waals surface area contributed by atoms with Gasteiger partial charge in [-0.2, -0.15) is 0 Å². The average Bonchev–Trinajstić information content (AvgIpc) is 2.09. The van der Waals surface area contributed by atoms with Crippen molar-refractivity contribution in [3.05, 3.63) is 0 Å². The predicted octanol–water partition coefficient (Wildman–Crippen LogP) is -1.54. The Morgan fingerprint density at radius 3 is 2.67 bits per heavy atom. The van der Waals surface area contributed by atoms with Gasteiger partial charge in [0.1, 0.15) is 12.2 Å². The van der Waals surface area contributed by atoms with Gasteiger partial charge in [-0.3, -0.25) is 0 Å². The largest absolute Gasteiger partial charge is 0.394 e. The van der Waals surface area contributed by atoms with Crippen molar-refractivity contribution in [2.75, 3.05) is 13.7 Å². The summed E-state index contributed by atoms with van der Waals surface area (Å²) >= 11 is 0. The standard InChI is InChI=1S/C7H14O5/c1-11-6-2-4(9)7(10)5(3-8)12-6/h4-10H,2-3H2,1H3/t4-,5?,6-,7+/m1/s1. The van der Waals surface area contributed by atoms with E-state index in [2.05, 4.69) is 0 Å². The molecule has 0 bridgehead atoms. The molecule has 4 atom stereocenters. The summed E-state index contributed by atoms with van der Waals surface area (Å²) in [6, 6.07) is 0. The Labute approximate surface area is 70.5 Å². The van der Waals surface area contributed by atoms with Gasteiger partial charge < -0.3 is 24.8 Å². The Balaban J connectivity index is 2.52. The minimum atomic E-state index is -1.03. The minimum Gasteiger partial charge on any atom is -0.394 e. The van der Waals surface area contributed by atoms with E-state index in [-0.39, 0.29) is 13.0 Å². The molecule has 72 valence electrons. The van der Waals surface area contributed by atoms with Gasteiger partial charge >= 0.3 is 0 Å². The highest BCUT2D eigenvalue weighted by Crippen LogP contribution is 2.20. The van der Waals surface area contributed by atoms with E-state index in [0.29, 0.717) is 0 Å². The molecule has 12 heavy (non-hydrogen) atoms. The van der Waals surface area contributed by atoms with Crippen LogP contribution in [0, 0.1) is 0 Å². The van der Waals surface area contributed by atoms with Gasteiger partial charge in [0, 0.05) is 13.5 Å². The summed E-state index contributed by atoms with van der Waals surface area (Å²) < 4.78 is 9.92. The number of ether oxygens (including phenoxy) is 2. The lowest BCUT2D eigenvalue weighted by Gasteiger charge is -2.35. The Bertz CT molecular complexity index is 140. The molecule has 0 aromatic carbocycles. The summed E-state index contributed by atoms with van der Waals surface area (Å²) in [5.41, 5.74) is 0. The summed E-state index contributed by atoms with van der Waals surface area (Å²) in [7, 11) is 1.45. The topological polar surface area (TPSA) is 79.2 Å². The second-order valence-corrected chi connectivity index (χ2v) is 2.82. The molecular formula is C7H14O5. The Morgan fingerprint density at radius 1 is 1.50 bits per heavy atom. The van der Waals surface area contributed by atoms with Gasteiger partial charge in [-0.1, -0.05) is 0 Å². The number of aliphatic hydroxyl groups is 3.